The average molecular weight is 993 g/mol. The van der Waals surface area contributed by atoms with Crippen LogP contribution in [0.15, 0.2) is 72.8 Å². The molecule has 2 aliphatic carbocycles. The molecule has 73 heavy (non-hydrogen) atoms. The molecule has 3 aromatic carbocycles. The largest absolute Gasteiger partial charge is 0.347 e. The highest BCUT2D eigenvalue weighted by Gasteiger charge is 2.45. The van der Waals surface area contributed by atoms with Crippen molar-refractivity contribution >= 4 is 47.3 Å². The maximum Gasteiger partial charge on any atom is 0.258 e. The Hall–Kier alpha value is -7.54. The van der Waals surface area contributed by atoms with E-state index in [-0.39, 0.29) is 55.6 Å². The van der Waals surface area contributed by atoms with Crippen molar-refractivity contribution in [3.63, 3.8) is 0 Å². The van der Waals surface area contributed by atoms with Gasteiger partial charge in [0.2, 0.25) is 29.5 Å². The molecule has 18 heteroatoms. The quantitative estimate of drug-likeness (QED) is 0.135. The molecule has 0 spiro atoms. The maximum atomic E-state index is 14.8. The summed E-state index contributed by atoms with van der Waals surface area (Å²) in [6.45, 7) is 3.07. The number of nitrogens with zero attached hydrogens (tertiary/aromatic N) is 2. The van der Waals surface area contributed by atoms with Gasteiger partial charge in [0, 0.05) is 42.7 Å². The van der Waals surface area contributed by atoms with Crippen LogP contribution >= 0.6 is 0 Å². The third-order valence-corrected chi connectivity index (χ3v) is 14.7. The molecule has 0 radical (unpaired) electrons. The normalized spacial score (nSPS) is 25.7. The lowest BCUT2D eigenvalue weighted by atomic mass is 9.87. The van der Waals surface area contributed by atoms with Gasteiger partial charge in [0.05, 0.1) is 24.2 Å². The lowest BCUT2D eigenvalue weighted by Crippen LogP contribution is -2.55. The number of likely N-dealkylation sites (N-methyl/N-ethyl adjacent to an activating group) is 2. The van der Waals surface area contributed by atoms with Gasteiger partial charge in [-0.1, -0.05) is 60.4 Å². The Bertz CT molecular complexity index is 2760. The molecule has 4 heterocycles. The Morgan fingerprint density at radius 1 is 0.589 bits per heavy atom. The molecule has 4 aliphatic heterocycles. The van der Waals surface area contributed by atoms with Crippen molar-refractivity contribution in [3.05, 3.63) is 106 Å². The molecule has 10 atom stereocenters. The Morgan fingerprint density at radius 2 is 1.05 bits per heavy atom. The molecule has 6 aliphatic rings. The predicted octanol–water partition coefficient (Wildman–Crippen LogP) is 1.07. The molecule has 3 aromatic rings. The van der Waals surface area contributed by atoms with Gasteiger partial charge < -0.3 is 52.3 Å². The van der Waals surface area contributed by atoms with Gasteiger partial charge in [-0.15, -0.1) is 0 Å². The fraction of sp³-hybridized carbons (Fsp3) is 0.455. The van der Waals surface area contributed by atoms with E-state index in [1.807, 2.05) is 48.5 Å². The first kappa shape index (κ1) is 51.8. The number of carbonyl (C=O) groups excluding carboxylic acids is 8. The third kappa shape index (κ3) is 12.1. The van der Waals surface area contributed by atoms with Crippen molar-refractivity contribution in [1.82, 2.24) is 52.3 Å². The van der Waals surface area contributed by atoms with E-state index in [2.05, 4.69) is 66.2 Å². The Kier molecular flexibility index (Phi) is 16.6. The molecule has 9 rings (SSSR count). The van der Waals surface area contributed by atoms with Crippen LogP contribution in [0.1, 0.15) is 114 Å². The summed E-state index contributed by atoms with van der Waals surface area (Å²) in [4.78, 5) is 116. The number of nitrogens with one attached hydrogen (secondary N) is 8. The molecule has 2 fully saturated rings. The smallest absolute Gasteiger partial charge is 0.258 e. The Balaban J connectivity index is 1.13. The minimum atomic E-state index is -1.50. The van der Waals surface area contributed by atoms with Crippen LogP contribution in [-0.4, -0.2) is 133 Å². The fourth-order valence-electron chi connectivity index (χ4n) is 10.4. The first-order chi connectivity index (χ1) is 35.2. The first-order valence-corrected chi connectivity index (χ1v) is 25.3. The lowest BCUT2D eigenvalue weighted by molar-refractivity contribution is -0.141. The number of fused-ring (bicyclic) bond motifs is 12. The average Bonchev–Trinajstić information content (AvgIpc) is 4.03. The molecule has 0 unspecified atom stereocenters. The maximum absolute atomic E-state index is 14.8. The Morgan fingerprint density at radius 3 is 1.55 bits per heavy atom. The van der Waals surface area contributed by atoms with Gasteiger partial charge in [0.1, 0.15) is 18.1 Å². The number of benzene rings is 3. The van der Waals surface area contributed by atoms with E-state index in [0.29, 0.717) is 12.8 Å². The molecular weight excluding hydrogens is 929 g/mol. The van der Waals surface area contributed by atoms with Crippen molar-refractivity contribution in [2.75, 3.05) is 27.2 Å². The second kappa shape index (κ2) is 23.3. The van der Waals surface area contributed by atoms with Gasteiger partial charge in [0.25, 0.3) is 17.7 Å². The van der Waals surface area contributed by atoms with Gasteiger partial charge in [-0.3, -0.25) is 38.4 Å². The zero-order chi connectivity index (χ0) is 51.8. The summed E-state index contributed by atoms with van der Waals surface area (Å²) in [5, 5.41) is 23.5. The van der Waals surface area contributed by atoms with E-state index in [1.54, 1.807) is 27.9 Å². The Labute approximate surface area is 425 Å². The minimum absolute atomic E-state index is 0.0532. The van der Waals surface area contributed by atoms with Crippen molar-refractivity contribution < 1.29 is 38.4 Å². The number of amides is 8. The molecule has 0 aromatic heterocycles. The predicted molar refractivity (Wildman–Crippen MR) is 271 cm³/mol. The fourth-order valence-corrected chi connectivity index (χ4v) is 10.4. The van der Waals surface area contributed by atoms with Gasteiger partial charge >= 0.3 is 0 Å². The van der Waals surface area contributed by atoms with E-state index >= 15 is 0 Å². The third-order valence-electron chi connectivity index (χ3n) is 14.7. The van der Waals surface area contributed by atoms with Crippen molar-refractivity contribution in [1.29, 1.82) is 0 Å². The van der Waals surface area contributed by atoms with Gasteiger partial charge in [-0.2, -0.15) is 0 Å². The number of hydrogen-bond donors (Lipinski definition) is 8. The lowest BCUT2D eigenvalue weighted by Gasteiger charge is -2.31. The summed E-state index contributed by atoms with van der Waals surface area (Å²) in [6.07, 6.45) is 4.72. The van der Waals surface area contributed by atoms with Gasteiger partial charge in [0.15, 0.2) is 6.04 Å². The van der Waals surface area contributed by atoms with Crippen molar-refractivity contribution in [2.45, 2.75) is 132 Å². The molecule has 382 valence electrons. The van der Waals surface area contributed by atoms with Crippen LogP contribution in [0.4, 0.5) is 0 Å². The summed E-state index contributed by atoms with van der Waals surface area (Å²) < 4.78 is 0. The van der Waals surface area contributed by atoms with Crippen LogP contribution < -0.4 is 42.5 Å². The molecule has 2 saturated heterocycles. The van der Waals surface area contributed by atoms with Crippen molar-refractivity contribution in [3.8, 4) is 23.7 Å². The molecule has 0 saturated carbocycles. The minimum Gasteiger partial charge on any atom is -0.347 e. The van der Waals surface area contributed by atoms with Crippen LogP contribution in [0, 0.1) is 23.7 Å². The van der Waals surface area contributed by atoms with E-state index in [0.717, 1.165) is 47.9 Å². The first-order valence-electron chi connectivity index (χ1n) is 25.3. The summed E-state index contributed by atoms with van der Waals surface area (Å²) in [6, 6.07) is 13.5. The van der Waals surface area contributed by atoms with Gasteiger partial charge in [-0.05, 0) is 138 Å². The van der Waals surface area contributed by atoms with Gasteiger partial charge in [-0.25, -0.2) is 0 Å². The summed E-state index contributed by atoms with van der Waals surface area (Å²) >= 11 is 0. The molecule has 18 nitrogen and oxygen atoms in total. The SMILES string of the molecule is CN[C@@H](C)C(=O)N[C@H]1C#CC#CC[C@H](NC(=O)[C@H](C)NC)C(=O)N2C[C@H](C[C@H]2C(=O)N[C@@H]2CCCc3ccccc32)NC(=O)c2ccc(cc2)C(=O)N[C@H]2C[C@@H](C(=O)N[C@@H]3CCCc4ccccc43)N(C2)C1=O. The summed E-state index contributed by atoms with van der Waals surface area (Å²) in [5.41, 5.74) is 4.71. The number of carbonyl (C=O) groups is 8. The van der Waals surface area contributed by atoms with Crippen LogP contribution in [0.2, 0.25) is 0 Å². The monoisotopic (exact) mass is 992 g/mol. The second-order valence-corrected chi connectivity index (χ2v) is 19.5. The van der Waals surface area contributed by atoms with E-state index < -0.39 is 95.6 Å². The highest BCUT2D eigenvalue weighted by molar-refractivity contribution is 6.00. The zero-order valence-corrected chi connectivity index (χ0v) is 41.6. The number of hydrogen-bond acceptors (Lipinski definition) is 10. The second-order valence-electron chi connectivity index (χ2n) is 19.5. The number of aryl methyl sites for hydroxylation is 2. The summed E-state index contributed by atoms with van der Waals surface area (Å²) in [7, 11) is 3.18. The van der Waals surface area contributed by atoms with Crippen LogP contribution in [0.3, 0.4) is 0 Å². The molecule has 8 amide bonds. The number of rotatable bonds is 10. The van der Waals surface area contributed by atoms with Crippen LogP contribution in [-0.2, 0) is 41.6 Å². The van der Waals surface area contributed by atoms with Crippen LogP contribution in [0.25, 0.3) is 0 Å². The van der Waals surface area contributed by atoms with E-state index in [4.69, 9.17) is 0 Å². The zero-order valence-electron chi connectivity index (χ0n) is 41.6. The van der Waals surface area contributed by atoms with E-state index in [1.165, 1.54) is 34.1 Å². The highest BCUT2D eigenvalue weighted by atomic mass is 16.2. The highest BCUT2D eigenvalue weighted by Crippen LogP contribution is 2.32. The standard InChI is InChI=1S/C55H64N10O8/c1-32(56-3)48(66)62-44-20-6-5-7-21-45(63-49(67)33(2)57-4)55(73)65-31-39(29-47(65)53(71)61-43-23-13-17-35-15-9-11-19-41(35)43)59-51(69)37-26-24-36(25-27-37)50(68)58-38-28-46(64(30-38)54(44)72)52(70)60-42-22-12-16-34-14-8-10-18-40(34)42/h8-11,14-15,18-19,24-27,32-33,38-39,42-47,56-57H,12-13,16-17,20,22-23,28-31H2,1-4H3,(H,58,68)(H,59,69)(H,60,70)(H,61,71)(H,62,66)(H,63,67)/t32-,33-,38-,39-,42+,43+,44-,45-,46-,47-/m0/s1. The van der Waals surface area contributed by atoms with Crippen LogP contribution in [0.5, 0.6) is 0 Å². The molecule has 8 N–H and O–H groups in total. The summed E-state index contributed by atoms with van der Waals surface area (Å²) in [5.74, 6) is 6.79. The molecular formula is C55H64N10O8. The van der Waals surface area contributed by atoms with Crippen molar-refractivity contribution in [2.24, 2.45) is 0 Å². The topological polar surface area (TPSA) is 239 Å². The van der Waals surface area contributed by atoms with E-state index in [9.17, 15) is 38.4 Å². The molecule has 6 bridgehead atoms.